The average Bonchev–Trinajstić information content (AvgIpc) is 3.24. The summed E-state index contributed by atoms with van der Waals surface area (Å²) in [4.78, 5) is 16.5. The van der Waals surface area contributed by atoms with Gasteiger partial charge in [-0.15, -0.1) is 0 Å². The van der Waals surface area contributed by atoms with Gasteiger partial charge in [-0.3, -0.25) is 4.79 Å². The maximum absolute atomic E-state index is 12.2. The SMILES string of the molecule is O=C(COc1ccc2ccccc2c1)NCc1cccnc1OC1CCCC1. The lowest BCUT2D eigenvalue weighted by Crippen LogP contribution is -2.28. The Morgan fingerprint density at radius 2 is 1.86 bits per heavy atom. The van der Waals surface area contributed by atoms with Crippen molar-refractivity contribution in [3.8, 4) is 11.6 Å². The molecule has 5 nitrogen and oxygen atoms in total. The Morgan fingerprint density at radius 3 is 2.71 bits per heavy atom. The number of nitrogens with zero attached hydrogens (tertiary/aromatic N) is 1. The van der Waals surface area contributed by atoms with Crippen LogP contribution in [0.2, 0.25) is 0 Å². The highest BCUT2D eigenvalue weighted by molar-refractivity contribution is 5.84. The van der Waals surface area contributed by atoms with E-state index in [1.54, 1.807) is 6.20 Å². The molecule has 3 aromatic rings. The lowest BCUT2D eigenvalue weighted by Gasteiger charge is -2.15. The van der Waals surface area contributed by atoms with Gasteiger partial charge in [0.25, 0.3) is 5.91 Å². The lowest BCUT2D eigenvalue weighted by atomic mass is 10.1. The van der Waals surface area contributed by atoms with E-state index in [0.29, 0.717) is 18.2 Å². The Morgan fingerprint density at radius 1 is 1.04 bits per heavy atom. The minimum absolute atomic E-state index is 0.0303. The highest BCUT2D eigenvalue weighted by Gasteiger charge is 2.18. The first-order valence-electron chi connectivity index (χ1n) is 9.77. The Balaban J connectivity index is 1.30. The molecule has 0 saturated heterocycles. The average molecular weight is 376 g/mol. The van der Waals surface area contributed by atoms with Gasteiger partial charge in [-0.1, -0.05) is 36.4 Å². The minimum Gasteiger partial charge on any atom is -0.484 e. The Bertz CT molecular complexity index is 951. The highest BCUT2D eigenvalue weighted by atomic mass is 16.5. The van der Waals surface area contributed by atoms with Crippen molar-refractivity contribution in [1.82, 2.24) is 10.3 Å². The quantitative estimate of drug-likeness (QED) is 0.670. The molecule has 1 aromatic heterocycles. The Kier molecular flexibility index (Phi) is 5.71. The smallest absolute Gasteiger partial charge is 0.258 e. The fourth-order valence-corrected chi connectivity index (χ4v) is 3.48. The van der Waals surface area contributed by atoms with Crippen molar-refractivity contribution >= 4 is 16.7 Å². The van der Waals surface area contributed by atoms with Crippen LogP contribution in [0.25, 0.3) is 10.8 Å². The molecule has 1 aliphatic carbocycles. The van der Waals surface area contributed by atoms with Gasteiger partial charge in [0.15, 0.2) is 6.61 Å². The standard InChI is InChI=1S/C23H24N2O3/c26-22(16-27-21-12-11-17-6-1-2-7-18(17)14-21)25-15-19-8-5-13-24-23(19)28-20-9-3-4-10-20/h1-2,5-8,11-14,20H,3-4,9-10,15-16H2,(H,25,26). The van der Waals surface area contributed by atoms with Crippen LogP contribution in [0, 0.1) is 0 Å². The first kappa shape index (κ1) is 18.3. The summed E-state index contributed by atoms with van der Waals surface area (Å²) in [5, 5.41) is 5.12. The molecule has 2 aromatic carbocycles. The number of carbonyl (C=O) groups excluding carboxylic acids is 1. The van der Waals surface area contributed by atoms with Crippen LogP contribution in [0.5, 0.6) is 11.6 Å². The number of ether oxygens (including phenoxy) is 2. The number of fused-ring (bicyclic) bond motifs is 1. The zero-order chi connectivity index (χ0) is 19.2. The van der Waals surface area contributed by atoms with E-state index < -0.39 is 0 Å². The molecule has 0 bridgehead atoms. The van der Waals surface area contributed by atoms with E-state index in [0.717, 1.165) is 29.2 Å². The number of carbonyl (C=O) groups is 1. The Labute approximate surface area is 164 Å². The van der Waals surface area contributed by atoms with Gasteiger partial charge in [0.05, 0.1) is 0 Å². The number of hydrogen-bond acceptors (Lipinski definition) is 4. The summed E-state index contributed by atoms with van der Waals surface area (Å²) >= 11 is 0. The molecule has 1 N–H and O–H groups in total. The number of nitrogens with one attached hydrogen (secondary N) is 1. The Hall–Kier alpha value is -3.08. The third-order valence-electron chi connectivity index (χ3n) is 5.00. The van der Waals surface area contributed by atoms with Crippen molar-refractivity contribution in [2.45, 2.75) is 38.3 Å². The molecule has 4 rings (SSSR count). The molecule has 1 amide bonds. The molecular weight excluding hydrogens is 352 g/mol. The lowest BCUT2D eigenvalue weighted by molar-refractivity contribution is -0.123. The molecule has 0 atom stereocenters. The first-order chi connectivity index (χ1) is 13.8. The van der Waals surface area contributed by atoms with Crippen LogP contribution >= 0.6 is 0 Å². The van der Waals surface area contributed by atoms with Crippen molar-refractivity contribution in [1.29, 1.82) is 0 Å². The van der Waals surface area contributed by atoms with Crippen molar-refractivity contribution in [3.63, 3.8) is 0 Å². The van der Waals surface area contributed by atoms with Crippen LogP contribution in [0.15, 0.2) is 60.8 Å². The summed E-state index contributed by atoms with van der Waals surface area (Å²) in [5.41, 5.74) is 0.883. The molecule has 0 aliphatic heterocycles. The normalized spacial score (nSPS) is 14.1. The number of amides is 1. The third kappa shape index (κ3) is 4.60. The molecule has 0 spiro atoms. The van der Waals surface area contributed by atoms with Gasteiger partial charge in [0.2, 0.25) is 5.88 Å². The second-order valence-electron chi connectivity index (χ2n) is 7.07. The van der Waals surface area contributed by atoms with Gasteiger partial charge in [-0.05, 0) is 54.7 Å². The van der Waals surface area contributed by atoms with Crippen LogP contribution in [-0.4, -0.2) is 23.6 Å². The number of pyridine rings is 1. The molecular formula is C23H24N2O3. The monoisotopic (exact) mass is 376 g/mol. The van der Waals surface area contributed by atoms with Crippen LogP contribution < -0.4 is 14.8 Å². The number of hydrogen-bond donors (Lipinski definition) is 1. The van der Waals surface area contributed by atoms with Gasteiger partial charge in [0, 0.05) is 18.3 Å². The van der Waals surface area contributed by atoms with Crippen LogP contribution in [-0.2, 0) is 11.3 Å². The molecule has 5 heteroatoms. The minimum atomic E-state index is -0.177. The van der Waals surface area contributed by atoms with E-state index in [4.69, 9.17) is 9.47 Å². The molecule has 0 unspecified atom stereocenters. The molecule has 1 saturated carbocycles. The predicted octanol–water partition coefficient (Wildman–Crippen LogP) is 4.25. The zero-order valence-corrected chi connectivity index (χ0v) is 15.8. The molecule has 144 valence electrons. The van der Waals surface area contributed by atoms with Crippen molar-refractivity contribution in [3.05, 3.63) is 66.4 Å². The largest absolute Gasteiger partial charge is 0.484 e. The van der Waals surface area contributed by atoms with Crippen molar-refractivity contribution in [2.75, 3.05) is 6.61 Å². The maximum Gasteiger partial charge on any atom is 0.258 e. The van der Waals surface area contributed by atoms with Gasteiger partial charge >= 0.3 is 0 Å². The summed E-state index contributed by atoms with van der Waals surface area (Å²) in [6, 6.07) is 17.7. The summed E-state index contributed by atoms with van der Waals surface area (Å²) in [7, 11) is 0. The van der Waals surface area contributed by atoms with Crippen LogP contribution in [0.1, 0.15) is 31.2 Å². The molecule has 28 heavy (non-hydrogen) atoms. The molecule has 1 fully saturated rings. The van der Waals surface area contributed by atoms with Gasteiger partial charge < -0.3 is 14.8 Å². The van der Waals surface area contributed by atoms with E-state index in [1.807, 2.05) is 54.6 Å². The second kappa shape index (κ2) is 8.74. The van der Waals surface area contributed by atoms with Crippen LogP contribution in [0.4, 0.5) is 0 Å². The first-order valence-corrected chi connectivity index (χ1v) is 9.77. The van der Waals surface area contributed by atoms with Crippen LogP contribution in [0.3, 0.4) is 0 Å². The second-order valence-corrected chi connectivity index (χ2v) is 7.07. The van der Waals surface area contributed by atoms with E-state index in [9.17, 15) is 4.79 Å². The fourth-order valence-electron chi connectivity index (χ4n) is 3.48. The topological polar surface area (TPSA) is 60.5 Å². The highest BCUT2D eigenvalue weighted by Crippen LogP contribution is 2.25. The number of rotatable bonds is 7. The van der Waals surface area contributed by atoms with Crippen molar-refractivity contribution < 1.29 is 14.3 Å². The number of benzene rings is 2. The molecule has 0 radical (unpaired) electrons. The maximum atomic E-state index is 12.2. The summed E-state index contributed by atoms with van der Waals surface area (Å²) in [6.45, 7) is 0.341. The van der Waals surface area contributed by atoms with Gasteiger partial charge in [-0.25, -0.2) is 4.98 Å². The summed E-state index contributed by atoms with van der Waals surface area (Å²) in [6.07, 6.45) is 6.51. The van der Waals surface area contributed by atoms with E-state index >= 15 is 0 Å². The predicted molar refractivity (Wildman–Crippen MR) is 108 cm³/mol. The fraction of sp³-hybridized carbons (Fsp3) is 0.304. The van der Waals surface area contributed by atoms with Gasteiger partial charge in [-0.2, -0.15) is 0 Å². The summed E-state index contributed by atoms with van der Waals surface area (Å²) < 4.78 is 11.7. The van der Waals surface area contributed by atoms with E-state index in [2.05, 4.69) is 10.3 Å². The van der Waals surface area contributed by atoms with E-state index in [1.165, 1.54) is 12.8 Å². The van der Waals surface area contributed by atoms with Crippen molar-refractivity contribution in [2.24, 2.45) is 0 Å². The summed E-state index contributed by atoms with van der Waals surface area (Å²) in [5.74, 6) is 1.12. The molecule has 1 aliphatic rings. The van der Waals surface area contributed by atoms with Gasteiger partial charge in [0.1, 0.15) is 11.9 Å². The third-order valence-corrected chi connectivity index (χ3v) is 5.00. The van der Waals surface area contributed by atoms with E-state index in [-0.39, 0.29) is 18.6 Å². The molecule has 1 heterocycles. The number of aromatic nitrogens is 1. The zero-order valence-electron chi connectivity index (χ0n) is 15.8.